The summed E-state index contributed by atoms with van der Waals surface area (Å²) in [5.74, 6) is 2.81. The van der Waals surface area contributed by atoms with Crippen LogP contribution in [-0.2, 0) is 10.5 Å². The Morgan fingerprint density at radius 3 is 2.75 bits per heavy atom. The number of rotatable bonds is 9. The SMILES string of the molecule is COc1cccc(OCC(=O)NCCSCc2ccccc2Cl)c1. The molecule has 0 aliphatic heterocycles. The summed E-state index contributed by atoms with van der Waals surface area (Å²) in [5.41, 5.74) is 1.11. The maximum absolute atomic E-state index is 11.8. The van der Waals surface area contributed by atoms with Crippen LogP contribution in [0.3, 0.4) is 0 Å². The van der Waals surface area contributed by atoms with E-state index in [1.807, 2.05) is 36.4 Å². The van der Waals surface area contributed by atoms with Gasteiger partial charge in [-0.05, 0) is 23.8 Å². The van der Waals surface area contributed by atoms with Crippen molar-refractivity contribution in [3.8, 4) is 11.5 Å². The molecule has 2 rings (SSSR count). The van der Waals surface area contributed by atoms with Crippen molar-refractivity contribution in [2.45, 2.75) is 5.75 Å². The van der Waals surface area contributed by atoms with Crippen molar-refractivity contribution >= 4 is 29.3 Å². The van der Waals surface area contributed by atoms with Gasteiger partial charge in [0.2, 0.25) is 0 Å². The van der Waals surface area contributed by atoms with Crippen LogP contribution in [0.5, 0.6) is 11.5 Å². The Balaban J connectivity index is 1.60. The first kappa shape index (κ1) is 18.5. The van der Waals surface area contributed by atoms with Gasteiger partial charge in [-0.15, -0.1) is 0 Å². The van der Waals surface area contributed by atoms with Crippen LogP contribution in [0.4, 0.5) is 0 Å². The lowest BCUT2D eigenvalue weighted by Gasteiger charge is -2.09. The number of benzene rings is 2. The van der Waals surface area contributed by atoms with Gasteiger partial charge in [0.25, 0.3) is 5.91 Å². The highest BCUT2D eigenvalue weighted by Crippen LogP contribution is 2.20. The second kappa shape index (κ2) is 10.1. The topological polar surface area (TPSA) is 47.6 Å². The molecule has 0 fully saturated rings. The average Bonchev–Trinajstić information content (AvgIpc) is 2.61. The molecule has 128 valence electrons. The van der Waals surface area contributed by atoms with Crippen molar-refractivity contribution in [1.29, 1.82) is 0 Å². The predicted octanol–water partition coefficient (Wildman–Crippen LogP) is 3.78. The van der Waals surface area contributed by atoms with Crippen molar-refractivity contribution in [3.63, 3.8) is 0 Å². The van der Waals surface area contributed by atoms with Gasteiger partial charge in [-0.2, -0.15) is 11.8 Å². The lowest BCUT2D eigenvalue weighted by atomic mass is 10.2. The second-order valence-electron chi connectivity index (χ2n) is 4.96. The Labute approximate surface area is 151 Å². The first-order valence-electron chi connectivity index (χ1n) is 7.54. The zero-order valence-corrected chi connectivity index (χ0v) is 15.0. The third kappa shape index (κ3) is 6.34. The minimum absolute atomic E-state index is 0.0116. The Morgan fingerprint density at radius 1 is 1.17 bits per heavy atom. The molecule has 0 unspecified atom stereocenters. The van der Waals surface area contributed by atoms with Crippen molar-refractivity contribution in [1.82, 2.24) is 5.32 Å². The van der Waals surface area contributed by atoms with E-state index < -0.39 is 0 Å². The molecule has 1 amide bonds. The van der Waals surface area contributed by atoms with Crippen LogP contribution in [0.1, 0.15) is 5.56 Å². The maximum Gasteiger partial charge on any atom is 0.257 e. The standard InChI is InChI=1S/C18H20ClNO3S/c1-22-15-6-4-7-16(11-15)23-12-18(21)20-9-10-24-13-14-5-2-3-8-17(14)19/h2-8,11H,9-10,12-13H2,1H3,(H,20,21). The predicted molar refractivity (Wildman–Crippen MR) is 99.1 cm³/mol. The molecule has 2 aromatic carbocycles. The van der Waals surface area contributed by atoms with Crippen LogP contribution in [0, 0.1) is 0 Å². The summed E-state index contributed by atoms with van der Waals surface area (Å²) >= 11 is 7.83. The molecule has 0 aromatic heterocycles. The Hall–Kier alpha value is -1.85. The number of halogens is 1. The molecular formula is C18H20ClNO3S. The number of thioether (sulfide) groups is 1. The second-order valence-corrected chi connectivity index (χ2v) is 6.47. The molecule has 24 heavy (non-hydrogen) atoms. The quantitative estimate of drug-likeness (QED) is 0.687. The van der Waals surface area contributed by atoms with Crippen LogP contribution in [0.2, 0.25) is 5.02 Å². The summed E-state index contributed by atoms with van der Waals surface area (Å²) in [7, 11) is 1.59. The Morgan fingerprint density at radius 2 is 1.96 bits per heavy atom. The number of carbonyl (C=O) groups is 1. The number of amides is 1. The van der Waals surface area contributed by atoms with Gasteiger partial charge in [-0.1, -0.05) is 35.9 Å². The van der Waals surface area contributed by atoms with Gasteiger partial charge >= 0.3 is 0 Å². The number of methoxy groups -OCH3 is 1. The zero-order valence-electron chi connectivity index (χ0n) is 13.5. The molecule has 0 atom stereocenters. The minimum atomic E-state index is -0.142. The van der Waals surface area contributed by atoms with E-state index in [0.717, 1.165) is 22.1 Å². The van der Waals surface area contributed by atoms with Gasteiger partial charge in [0, 0.05) is 29.1 Å². The molecule has 0 aliphatic carbocycles. The van der Waals surface area contributed by atoms with Crippen molar-refractivity contribution in [3.05, 3.63) is 59.1 Å². The lowest BCUT2D eigenvalue weighted by molar-refractivity contribution is -0.122. The largest absolute Gasteiger partial charge is 0.497 e. The number of ether oxygens (including phenoxy) is 2. The van der Waals surface area contributed by atoms with E-state index in [2.05, 4.69) is 5.32 Å². The third-order valence-electron chi connectivity index (χ3n) is 3.20. The van der Waals surface area contributed by atoms with Gasteiger partial charge in [-0.25, -0.2) is 0 Å². The molecular weight excluding hydrogens is 346 g/mol. The normalized spacial score (nSPS) is 10.2. The minimum Gasteiger partial charge on any atom is -0.497 e. The van der Waals surface area contributed by atoms with Gasteiger partial charge < -0.3 is 14.8 Å². The van der Waals surface area contributed by atoms with Crippen LogP contribution in [-0.4, -0.2) is 31.9 Å². The van der Waals surface area contributed by atoms with E-state index in [1.165, 1.54) is 0 Å². The highest BCUT2D eigenvalue weighted by atomic mass is 35.5. The van der Waals surface area contributed by atoms with Gasteiger partial charge in [0.05, 0.1) is 7.11 Å². The van der Waals surface area contributed by atoms with E-state index in [-0.39, 0.29) is 12.5 Å². The van der Waals surface area contributed by atoms with E-state index in [1.54, 1.807) is 31.0 Å². The maximum atomic E-state index is 11.8. The number of hydrogen-bond acceptors (Lipinski definition) is 4. The van der Waals surface area contributed by atoms with Crippen molar-refractivity contribution in [2.24, 2.45) is 0 Å². The molecule has 0 spiro atoms. The van der Waals surface area contributed by atoms with E-state index in [0.29, 0.717) is 18.0 Å². The van der Waals surface area contributed by atoms with Crippen LogP contribution >= 0.6 is 23.4 Å². The molecule has 0 saturated carbocycles. The van der Waals surface area contributed by atoms with E-state index >= 15 is 0 Å². The summed E-state index contributed by atoms with van der Waals surface area (Å²) < 4.78 is 10.5. The summed E-state index contributed by atoms with van der Waals surface area (Å²) in [6.07, 6.45) is 0. The van der Waals surface area contributed by atoms with E-state index in [9.17, 15) is 4.79 Å². The Kier molecular flexibility index (Phi) is 7.79. The average molecular weight is 366 g/mol. The molecule has 0 bridgehead atoms. The Bertz CT molecular complexity index is 666. The van der Waals surface area contributed by atoms with Crippen molar-refractivity contribution < 1.29 is 14.3 Å². The summed E-state index contributed by atoms with van der Waals surface area (Å²) in [6, 6.07) is 15.0. The molecule has 6 heteroatoms. The molecule has 1 N–H and O–H groups in total. The fraction of sp³-hybridized carbons (Fsp3) is 0.278. The monoisotopic (exact) mass is 365 g/mol. The first-order valence-corrected chi connectivity index (χ1v) is 9.07. The molecule has 0 saturated heterocycles. The van der Waals surface area contributed by atoms with Gasteiger partial charge in [0.1, 0.15) is 11.5 Å². The number of carbonyl (C=O) groups excluding carboxylic acids is 1. The van der Waals surface area contributed by atoms with Gasteiger partial charge in [-0.3, -0.25) is 4.79 Å². The van der Waals surface area contributed by atoms with Crippen LogP contribution < -0.4 is 14.8 Å². The fourth-order valence-corrected chi connectivity index (χ4v) is 3.10. The van der Waals surface area contributed by atoms with Gasteiger partial charge in [0.15, 0.2) is 6.61 Å². The van der Waals surface area contributed by atoms with E-state index in [4.69, 9.17) is 21.1 Å². The summed E-state index contributed by atoms with van der Waals surface area (Å²) in [5, 5.41) is 3.61. The molecule has 0 aliphatic rings. The lowest BCUT2D eigenvalue weighted by Crippen LogP contribution is -2.30. The summed E-state index contributed by atoms with van der Waals surface area (Å²) in [4.78, 5) is 11.8. The zero-order chi connectivity index (χ0) is 17.2. The summed E-state index contributed by atoms with van der Waals surface area (Å²) in [6.45, 7) is 0.581. The molecule has 0 radical (unpaired) electrons. The molecule has 2 aromatic rings. The highest BCUT2D eigenvalue weighted by molar-refractivity contribution is 7.98. The third-order valence-corrected chi connectivity index (χ3v) is 4.57. The number of nitrogens with one attached hydrogen (secondary N) is 1. The molecule has 0 heterocycles. The first-order chi connectivity index (χ1) is 11.7. The fourth-order valence-electron chi connectivity index (χ4n) is 1.95. The van der Waals surface area contributed by atoms with Crippen molar-refractivity contribution in [2.75, 3.05) is 26.0 Å². The number of hydrogen-bond donors (Lipinski definition) is 1. The molecule has 4 nitrogen and oxygen atoms in total. The van der Waals surface area contributed by atoms with Crippen LogP contribution in [0.25, 0.3) is 0 Å². The highest BCUT2D eigenvalue weighted by Gasteiger charge is 2.04. The smallest absolute Gasteiger partial charge is 0.257 e. The van der Waals surface area contributed by atoms with Crippen LogP contribution in [0.15, 0.2) is 48.5 Å².